The number of guanidine groups is 1. The van der Waals surface area contributed by atoms with Crippen molar-refractivity contribution in [3.8, 4) is 0 Å². The van der Waals surface area contributed by atoms with Crippen molar-refractivity contribution in [3.05, 3.63) is 30.1 Å². The summed E-state index contributed by atoms with van der Waals surface area (Å²) in [7, 11) is 0. The number of carbonyl (C=O) groups excluding carboxylic acids is 1. The lowest BCUT2D eigenvalue weighted by molar-refractivity contribution is -0.114. The van der Waals surface area contributed by atoms with Crippen LogP contribution >= 0.6 is 24.0 Å². The predicted molar refractivity (Wildman–Crippen MR) is 97.2 cm³/mol. The van der Waals surface area contributed by atoms with Crippen LogP contribution in [-0.2, 0) is 4.79 Å². The summed E-state index contributed by atoms with van der Waals surface area (Å²) in [6, 6.07) is 5.80. The Hall–Kier alpha value is -1.38. The molecule has 0 bridgehead atoms. The summed E-state index contributed by atoms with van der Waals surface area (Å²) in [6.07, 6.45) is 2.51. The van der Waals surface area contributed by atoms with Crippen molar-refractivity contribution in [2.24, 2.45) is 10.9 Å². The third-order valence-electron chi connectivity index (χ3n) is 3.09. The second-order valence-electron chi connectivity index (χ2n) is 5.08. The Kier molecular flexibility index (Phi) is 8.15. The summed E-state index contributed by atoms with van der Waals surface area (Å²) in [5.74, 6) is 0.716. The van der Waals surface area contributed by atoms with E-state index in [1.54, 1.807) is 12.1 Å². The van der Waals surface area contributed by atoms with Crippen molar-refractivity contribution in [2.45, 2.75) is 19.8 Å². The number of halogens is 2. The number of rotatable bonds is 6. The van der Waals surface area contributed by atoms with Crippen LogP contribution in [0.5, 0.6) is 0 Å². The molecule has 1 aromatic carbocycles. The number of aliphatic imine (C=N–C) groups is 1. The van der Waals surface area contributed by atoms with Crippen LogP contribution in [-0.4, -0.2) is 31.5 Å². The fourth-order valence-electron chi connectivity index (χ4n) is 1.82. The van der Waals surface area contributed by atoms with E-state index in [0.717, 1.165) is 19.0 Å². The zero-order valence-corrected chi connectivity index (χ0v) is 14.9. The Balaban J connectivity index is 0.00000242. The highest BCUT2D eigenvalue weighted by atomic mass is 127. The maximum atomic E-state index is 13.0. The third kappa shape index (κ3) is 7.06. The normalized spacial score (nSPS) is 14.0. The number of amides is 1. The zero-order chi connectivity index (χ0) is 15.1. The Morgan fingerprint density at radius 3 is 2.77 bits per heavy atom. The zero-order valence-electron chi connectivity index (χ0n) is 12.6. The van der Waals surface area contributed by atoms with Gasteiger partial charge in [-0.1, -0.05) is 6.07 Å². The predicted octanol–water partition coefficient (Wildman–Crippen LogP) is 2.35. The summed E-state index contributed by atoms with van der Waals surface area (Å²) in [4.78, 5) is 16.0. The topological polar surface area (TPSA) is 65.5 Å². The molecule has 0 heterocycles. The van der Waals surface area contributed by atoms with Gasteiger partial charge in [-0.25, -0.2) is 9.38 Å². The average molecular weight is 420 g/mol. The Morgan fingerprint density at radius 1 is 1.36 bits per heavy atom. The van der Waals surface area contributed by atoms with Gasteiger partial charge in [-0.05, 0) is 43.9 Å². The first-order valence-corrected chi connectivity index (χ1v) is 7.25. The third-order valence-corrected chi connectivity index (χ3v) is 3.09. The van der Waals surface area contributed by atoms with E-state index in [0.29, 0.717) is 11.6 Å². The minimum Gasteiger partial charge on any atom is -0.357 e. The average Bonchev–Trinajstić information content (AvgIpc) is 3.26. The molecular formula is C15H22FIN4O. The van der Waals surface area contributed by atoms with Gasteiger partial charge in [0.15, 0.2) is 5.96 Å². The second-order valence-corrected chi connectivity index (χ2v) is 5.08. The molecule has 0 atom stereocenters. The lowest BCUT2D eigenvalue weighted by Gasteiger charge is -2.10. The van der Waals surface area contributed by atoms with Crippen LogP contribution in [0.2, 0.25) is 0 Å². The van der Waals surface area contributed by atoms with Crippen molar-refractivity contribution < 1.29 is 9.18 Å². The number of hydrogen-bond acceptors (Lipinski definition) is 2. The second kappa shape index (κ2) is 9.60. The van der Waals surface area contributed by atoms with Gasteiger partial charge in [-0.15, -0.1) is 24.0 Å². The molecule has 1 fully saturated rings. The monoisotopic (exact) mass is 420 g/mol. The molecule has 1 aromatic rings. The Morgan fingerprint density at radius 2 is 2.14 bits per heavy atom. The van der Waals surface area contributed by atoms with Crippen LogP contribution in [0.15, 0.2) is 29.3 Å². The highest BCUT2D eigenvalue weighted by molar-refractivity contribution is 14.0. The van der Waals surface area contributed by atoms with Crippen LogP contribution in [0.3, 0.4) is 0 Å². The SMILES string of the molecule is CCNC(=NCC(=O)Nc1cccc(F)c1)NCC1CC1.I. The molecule has 0 spiro atoms. The van der Waals surface area contributed by atoms with Crippen LogP contribution in [0.1, 0.15) is 19.8 Å². The summed E-state index contributed by atoms with van der Waals surface area (Å²) in [6.45, 7) is 3.59. The fraction of sp³-hybridized carbons (Fsp3) is 0.467. The number of carbonyl (C=O) groups is 1. The van der Waals surface area contributed by atoms with E-state index >= 15 is 0 Å². The molecule has 1 amide bonds. The molecule has 22 heavy (non-hydrogen) atoms. The number of benzene rings is 1. The molecule has 0 aromatic heterocycles. The van der Waals surface area contributed by atoms with E-state index in [1.165, 1.54) is 25.0 Å². The number of nitrogens with zero attached hydrogens (tertiary/aromatic N) is 1. The minimum absolute atomic E-state index is 0. The molecule has 1 aliphatic carbocycles. The van der Waals surface area contributed by atoms with Gasteiger partial charge < -0.3 is 16.0 Å². The summed E-state index contributed by atoms with van der Waals surface area (Å²) in [5.41, 5.74) is 0.436. The molecule has 0 saturated heterocycles. The molecule has 0 radical (unpaired) electrons. The number of hydrogen-bond donors (Lipinski definition) is 3. The van der Waals surface area contributed by atoms with Crippen molar-refractivity contribution >= 4 is 41.5 Å². The minimum atomic E-state index is -0.379. The first kappa shape index (κ1) is 18.7. The van der Waals surface area contributed by atoms with Crippen LogP contribution in [0.4, 0.5) is 10.1 Å². The summed E-state index contributed by atoms with van der Waals surface area (Å²) in [5, 5.41) is 8.92. The van der Waals surface area contributed by atoms with Crippen molar-refractivity contribution in [3.63, 3.8) is 0 Å². The van der Waals surface area contributed by atoms with Gasteiger partial charge in [0.1, 0.15) is 12.4 Å². The molecule has 0 unspecified atom stereocenters. The standard InChI is InChI=1S/C15H21FN4O.HI/c1-2-17-15(18-9-11-6-7-11)19-10-14(21)20-13-5-3-4-12(16)8-13;/h3-5,8,11H,2,6-7,9-10H2,1H3,(H,20,21)(H2,17,18,19);1H. The van der Waals surface area contributed by atoms with Crippen LogP contribution in [0.25, 0.3) is 0 Å². The van der Waals surface area contributed by atoms with Crippen LogP contribution < -0.4 is 16.0 Å². The smallest absolute Gasteiger partial charge is 0.246 e. The van der Waals surface area contributed by atoms with Gasteiger partial charge >= 0.3 is 0 Å². The Bertz CT molecular complexity index is 520. The maximum Gasteiger partial charge on any atom is 0.246 e. The maximum absolute atomic E-state index is 13.0. The summed E-state index contributed by atoms with van der Waals surface area (Å²) >= 11 is 0. The lowest BCUT2D eigenvalue weighted by atomic mass is 10.3. The molecule has 2 rings (SSSR count). The fourth-order valence-corrected chi connectivity index (χ4v) is 1.82. The summed E-state index contributed by atoms with van der Waals surface area (Å²) < 4.78 is 13.0. The molecule has 3 N–H and O–H groups in total. The number of nitrogens with one attached hydrogen (secondary N) is 3. The van der Waals surface area contributed by atoms with Crippen molar-refractivity contribution in [1.82, 2.24) is 10.6 Å². The van der Waals surface area contributed by atoms with Gasteiger partial charge in [0.2, 0.25) is 5.91 Å². The van der Waals surface area contributed by atoms with E-state index in [1.807, 2.05) is 6.92 Å². The molecule has 122 valence electrons. The van der Waals surface area contributed by atoms with E-state index in [4.69, 9.17) is 0 Å². The van der Waals surface area contributed by atoms with Crippen molar-refractivity contribution in [1.29, 1.82) is 0 Å². The van der Waals surface area contributed by atoms with Gasteiger partial charge in [-0.3, -0.25) is 4.79 Å². The van der Waals surface area contributed by atoms with E-state index in [-0.39, 0.29) is 42.2 Å². The Labute approximate surface area is 147 Å². The quantitative estimate of drug-likeness (QED) is 0.376. The molecule has 0 aliphatic heterocycles. The lowest BCUT2D eigenvalue weighted by Crippen LogP contribution is -2.39. The largest absolute Gasteiger partial charge is 0.357 e. The number of anilines is 1. The molecule has 5 nitrogen and oxygen atoms in total. The van der Waals surface area contributed by atoms with E-state index in [2.05, 4.69) is 20.9 Å². The molecule has 1 aliphatic rings. The molecule has 7 heteroatoms. The first-order chi connectivity index (χ1) is 10.2. The van der Waals surface area contributed by atoms with E-state index in [9.17, 15) is 9.18 Å². The van der Waals surface area contributed by atoms with Crippen LogP contribution in [0, 0.1) is 11.7 Å². The van der Waals surface area contributed by atoms with Gasteiger partial charge in [0.25, 0.3) is 0 Å². The van der Waals surface area contributed by atoms with E-state index < -0.39 is 0 Å². The van der Waals surface area contributed by atoms with Gasteiger partial charge in [0.05, 0.1) is 0 Å². The first-order valence-electron chi connectivity index (χ1n) is 7.25. The molecular weight excluding hydrogens is 398 g/mol. The molecule has 1 saturated carbocycles. The van der Waals surface area contributed by atoms with Gasteiger partial charge in [0, 0.05) is 18.8 Å². The van der Waals surface area contributed by atoms with Gasteiger partial charge in [-0.2, -0.15) is 0 Å². The highest BCUT2D eigenvalue weighted by Gasteiger charge is 2.21. The van der Waals surface area contributed by atoms with Crippen molar-refractivity contribution in [2.75, 3.05) is 25.0 Å². The highest BCUT2D eigenvalue weighted by Crippen LogP contribution is 2.27.